The Hall–Kier alpha value is 0.190. The number of nitrogens with zero attached hydrogens (tertiary/aromatic N) is 1. The molecule has 1 heterocycles. The quantitative estimate of drug-likeness (QED) is 0.580. The monoisotopic (exact) mass is 399 g/mol. The molecule has 0 radical (unpaired) electrons. The van der Waals surface area contributed by atoms with Crippen LogP contribution in [0.3, 0.4) is 0 Å². The molecular weight excluding hydrogens is 354 g/mol. The first-order valence-electron chi connectivity index (χ1n) is 11.1. The lowest BCUT2D eigenvalue weighted by molar-refractivity contribution is 0.000332. The SMILES string of the molecule is CCC(CSC1NC2(C)CCC(C)CC2N1C)C(C)C(OC)C(C)CNC. The summed E-state index contributed by atoms with van der Waals surface area (Å²) in [4.78, 5) is 2.62. The third-order valence-corrected chi connectivity index (χ3v) is 8.83. The maximum absolute atomic E-state index is 5.93. The normalized spacial score (nSPS) is 36.2. The number of thioether (sulfide) groups is 1. The van der Waals surface area contributed by atoms with Crippen LogP contribution in [0.25, 0.3) is 0 Å². The van der Waals surface area contributed by atoms with Crippen molar-refractivity contribution in [1.82, 2.24) is 15.5 Å². The van der Waals surface area contributed by atoms with E-state index in [4.69, 9.17) is 4.74 Å². The summed E-state index contributed by atoms with van der Waals surface area (Å²) in [5.41, 5.74) is 0.741. The molecule has 0 aromatic heterocycles. The lowest BCUT2D eigenvalue weighted by atomic mass is 9.75. The molecule has 0 aromatic carbocycles. The van der Waals surface area contributed by atoms with Crippen molar-refractivity contribution in [3.05, 3.63) is 0 Å². The Bertz CT molecular complexity index is 451. The van der Waals surface area contributed by atoms with Crippen molar-refractivity contribution in [2.45, 2.75) is 83.5 Å². The Morgan fingerprint density at radius 2 is 2.07 bits per heavy atom. The number of likely N-dealkylation sites (N-methyl/N-ethyl adjacent to an activating group) is 1. The lowest BCUT2D eigenvalue weighted by Crippen LogP contribution is -2.50. The minimum absolute atomic E-state index is 0.294. The molecule has 5 heteroatoms. The zero-order valence-electron chi connectivity index (χ0n) is 19.0. The first kappa shape index (κ1) is 23.5. The number of hydrogen-bond donors (Lipinski definition) is 2. The number of ether oxygens (including phenoxy) is 1. The van der Waals surface area contributed by atoms with Crippen LogP contribution >= 0.6 is 11.8 Å². The molecule has 4 nitrogen and oxygen atoms in total. The molecule has 0 amide bonds. The van der Waals surface area contributed by atoms with Crippen molar-refractivity contribution in [3.63, 3.8) is 0 Å². The highest BCUT2D eigenvalue weighted by molar-refractivity contribution is 7.99. The predicted octanol–water partition coefficient (Wildman–Crippen LogP) is 4.02. The Morgan fingerprint density at radius 3 is 2.67 bits per heavy atom. The van der Waals surface area contributed by atoms with Gasteiger partial charge in [0.2, 0.25) is 0 Å². The molecule has 0 bridgehead atoms. The van der Waals surface area contributed by atoms with E-state index in [9.17, 15) is 0 Å². The van der Waals surface area contributed by atoms with Crippen LogP contribution in [0, 0.1) is 23.7 Å². The molecule has 1 aliphatic heterocycles. The molecular formula is C22H45N3OS. The molecule has 2 aliphatic rings. The van der Waals surface area contributed by atoms with Gasteiger partial charge >= 0.3 is 0 Å². The first-order valence-corrected chi connectivity index (χ1v) is 12.1. The van der Waals surface area contributed by atoms with Crippen LogP contribution in [0.1, 0.15) is 60.3 Å². The van der Waals surface area contributed by atoms with E-state index in [-0.39, 0.29) is 0 Å². The van der Waals surface area contributed by atoms with Gasteiger partial charge in [-0.1, -0.05) is 34.1 Å². The van der Waals surface area contributed by atoms with Gasteiger partial charge in [0.25, 0.3) is 0 Å². The Balaban J connectivity index is 1.95. The summed E-state index contributed by atoms with van der Waals surface area (Å²) in [6.45, 7) is 12.9. The van der Waals surface area contributed by atoms with Gasteiger partial charge in [0, 0.05) is 18.7 Å². The molecule has 1 saturated heterocycles. The zero-order valence-corrected chi connectivity index (χ0v) is 19.9. The van der Waals surface area contributed by atoms with Crippen LogP contribution < -0.4 is 10.6 Å². The molecule has 1 aliphatic carbocycles. The van der Waals surface area contributed by atoms with Crippen LogP contribution in [-0.4, -0.2) is 61.6 Å². The minimum Gasteiger partial charge on any atom is -0.381 e. The second-order valence-electron chi connectivity index (χ2n) is 9.57. The van der Waals surface area contributed by atoms with Crippen molar-refractivity contribution < 1.29 is 4.74 Å². The van der Waals surface area contributed by atoms with E-state index in [0.29, 0.717) is 40.9 Å². The van der Waals surface area contributed by atoms with E-state index in [2.05, 4.69) is 69.0 Å². The topological polar surface area (TPSA) is 36.5 Å². The number of fused-ring (bicyclic) bond motifs is 1. The van der Waals surface area contributed by atoms with Crippen molar-refractivity contribution in [3.8, 4) is 0 Å². The molecule has 2 rings (SSSR count). The summed E-state index contributed by atoms with van der Waals surface area (Å²) in [6.07, 6.45) is 5.53. The van der Waals surface area contributed by atoms with E-state index in [1.54, 1.807) is 0 Å². The minimum atomic E-state index is 0.294. The summed E-state index contributed by atoms with van der Waals surface area (Å²) in [5.74, 6) is 3.84. The van der Waals surface area contributed by atoms with E-state index in [1.807, 2.05) is 14.2 Å². The third-order valence-electron chi connectivity index (χ3n) is 7.45. The molecule has 27 heavy (non-hydrogen) atoms. The largest absolute Gasteiger partial charge is 0.381 e. The zero-order chi connectivity index (χ0) is 20.2. The molecule has 1 saturated carbocycles. The van der Waals surface area contributed by atoms with Crippen molar-refractivity contribution >= 4 is 11.8 Å². The van der Waals surface area contributed by atoms with Gasteiger partial charge in [0.1, 0.15) is 5.50 Å². The van der Waals surface area contributed by atoms with Crippen molar-refractivity contribution in [2.24, 2.45) is 23.7 Å². The van der Waals surface area contributed by atoms with Gasteiger partial charge in [-0.3, -0.25) is 10.2 Å². The van der Waals surface area contributed by atoms with Gasteiger partial charge in [-0.05, 0) is 76.3 Å². The number of nitrogens with one attached hydrogen (secondary N) is 2. The van der Waals surface area contributed by atoms with E-state index >= 15 is 0 Å². The third kappa shape index (κ3) is 5.42. The second kappa shape index (κ2) is 10.3. The Labute approximate surface area is 172 Å². The van der Waals surface area contributed by atoms with Gasteiger partial charge < -0.3 is 10.1 Å². The van der Waals surface area contributed by atoms with E-state index in [0.717, 1.165) is 12.5 Å². The van der Waals surface area contributed by atoms with E-state index in [1.165, 1.54) is 31.4 Å². The highest BCUT2D eigenvalue weighted by atomic mass is 32.2. The molecule has 160 valence electrons. The van der Waals surface area contributed by atoms with Crippen LogP contribution in [0.5, 0.6) is 0 Å². The van der Waals surface area contributed by atoms with E-state index < -0.39 is 0 Å². The summed E-state index contributed by atoms with van der Waals surface area (Å²) >= 11 is 2.12. The smallest absolute Gasteiger partial charge is 0.108 e. The fraction of sp³-hybridized carbons (Fsp3) is 1.00. The van der Waals surface area contributed by atoms with Crippen LogP contribution in [0.15, 0.2) is 0 Å². The summed E-state index contributed by atoms with van der Waals surface area (Å²) in [7, 11) is 6.24. The van der Waals surface area contributed by atoms with Crippen molar-refractivity contribution in [1.29, 1.82) is 0 Å². The van der Waals surface area contributed by atoms with Gasteiger partial charge in [-0.15, -0.1) is 11.8 Å². The standard InChI is InChI=1S/C22H45N3OS/c1-9-18(17(4)20(26-8)16(3)13-23-6)14-27-21-24-22(5)11-10-15(2)12-19(22)25(21)7/h15-21,23-24H,9-14H2,1-8H3. The molecule has 2 fully saturated rings. The molecule has 0 spiro atoms. The first-order chi connectivity index (χ1) is 12.8. The van der Waals surface area contributed by atoms with Crippen LogP contribution in [0.4, 0.5) is 0 Å². The van der Waals surface area contributed by atoms with Gasteiger partial charge in [-0.25, -0.2) is 0 Å². The fourth-order valence-electron chi connectivity index (χ4n) is 5.49. The second-order valence-corrected chi connectivity index (χ2v) is 10.7. The average Bonchev–Trinajstić information content (AvgIpc) is 2.87. The number of hydrogen-bond acceptors (Lipinski definition) is 5. The number of rotatable bonds is 10. The summed E-state index contributed by atoms with van der Waals surface area (Å²) in [5, 5.41) is 7.30. The molecule has 2 N–H and O–H groups in total. The maximum atomic E-state index is 5.93. The van der Waals surface area contributed by atoms with Gasteiger partial charge in [0.15, 0.2) is 0 Å². The Morgan fingerprint density at radius 1 is 1.37 bits per heavy atom. The van der Waals surface area contributed by atoms with Gasteiger partial charge in [-0.2, -0.15) is 0 Å². The number of methoxy groups -OCH3 is 1. The molecule has 8 unspecified atom stereocenters. The summed E-state index contributed by atoms with van der Waals surface area (Å²) in [6, 6.07) is 0.679. The molecule has 8 atom stereocenters. The predicted molar refractivity (Wildman–Crippen MR) is 119 cm³/mol. The van der Waals surface area contributed by atoms with Gasteiger partial charge in [0.05, 0.1) is 6.10 Å². The average molecular weight is 400 g/mol. The Kier molecular flexibility index (Phi) is 8.94. The molecule has 0 aromatic rings. The van der Waals surface area contributed by atoms with Crippen LogP contribution in [0.2, 0.25) is 0 Å². The maximum Gasteiger partial charge on any atom is 0.108 e. The van der Waals surface area contributed by atoms with Crippen molar-refractivity contribution in [2.75, 3.05) is 33.5 Å². The lowest BCUT2D eigenvalue weighted by Gasteiger charge is -2.40. The summed E-state index contributed by atoms with van der Waals surface area (Å²) < 4.78 is 5.93. The highest BCUT2D eigenvalue weighted by Gasteiger charge is 2.49. The highest BCUT2D eigenvalue weighted by Crippen LogP contribution is 2.42. The van der Waals surface area contributed by atoms with Crippen LogP contribution in [-0.2, 0) is 4.74 Å². The fourth-order valence-corrected chi connectivity index (χ4v) is 7.19.